The standard InChI is InChI=1S/C18H22N4O6/c1-13(23)19-7-3-8-20(11-10-19)17(24)4-2-9-21-15-6-5-14(22(26)27)12-16(15)28-18(21)25/h5-6,12H,2-4,7-11H2,1H3. The molecule has 1 fully saturated rings. The highest BCUT2D eigenvalue weighted by Crippen LogP contribution is 2.20. The number of hydrogen-bond donors (Lipinski definition) is 0. The number of oxazole rings is 1. The van der Waals surface area contributed by atoms with Gasteiger partial charge in [0.1, 0.15) is 0 Å². The van der Waals surface area contributed by atoms with Gasteiger partial charge in [-0.1, -0.05) is 0 Å². The molecule has 0 atom stereocenters. The van der Waals surface area contributed by atoms with Crippen molar-refractivity contribution in [3.05, 3.63) is 38.9 Å². The zero-order valence-corrected chi connectivity index (χ0v) is 15.6. The van der Waals surface area contributed by atoms with Crippen LogP contribution in [-0.2, 0) is 16.1 Å². The molecule has 10 nitrogen and oxygen atoms in total. The smallest absolute Gasteiger partial charge is 0.407 e. The van der Waals surface area contributed by atoms with Gasteiger partial charge in [0.2, 0.25) is 11.8 Å². The van der Waals surface area contributed by atoms with Crippen molar-refractivity contribution in [2.75, 3.05) is 26.2 Å². The van der Waals surface area contributed by atoms with Crippen LogP contribution in [0.15, 0.2) is 27.4 Å². The van der Waals surface area contributed by atoms with E-state index < -0.39 is 10.7 Å². The Bertz CT molecular complexity index is 963. The molecule has 2 amide bonds. The molecule has 28 heavy (non-hydrogen) atoms. The van der Waals surface area contributed by atoms with E-state index in [1.807, 2.05) is 0 Å². The molecule has 0 spiro atoms. The number of carbonyl (C=O) groups is 2. The molecule has 1 saturated heterocycles. The summed E-state index contributed by atoms with van der Waals surface area (Å²) in [6.45, 7) is 4.12. The SMILES string of the molecule is CC(=O)N1CCCN(C(=O)CCCn2c(=O)oc3cc([N+](=O)[O-])ccc32)CC1. The Hall–Kier alpha value is -3.17. The van der Waals surface area contributed by atoms with Crippen molar-refractivity contribution >= 4 is 28.6 Å². The van der Waals surface area contributed by atoms with E-state index in [0.717, 1.165) is 6.42 Å². The summed E-state index contributed by atoms with van der Waals surface area (Å²) in [5.74, 6) is -0.600. The van der Waals surface area contributed by atoms with Gasteiger partial charge in [0.15, 0.2) is 5.58 Å². The minimum atomic E-state index is -0.602. The fourth-order valence-corrected chi connectivity index (χ4v) is 3.41. The molecule has 1 aliphatic rings. The van der Waals surface area contributed by atoms with Gasteiger partial charge in [-0.05, 0) is 18.9 Å². The van der Waals surface area contributed by atoms with E-state index in [1.54, 1.807) is 9.80 Å². The normalized spacial score (nSPS) is 14.9. The van der Waals surface area contributed by atoms with E-state index in [4.69, 9.17) is 4.42 Å². The number of benzene rings is 1. The second-order valence-electron chi connectivity index (χ2n) is 6.77. The van der Waals surface area contributed by atoms with Crippen LogP contribution < -0.4 is 5.76 Å². The number of fused-ring (bicyclic) bond motifs is 1. The van der Waals surface area contributed by atoms with E-state index in [0.29, 0.717) is 38.1 Å². The average Bonchev–Trinajstić information content (AvgIpc) is 2.83. The van der Waals surface area contributed by atoms with Crippen LogP contribution in [0.5, 0.6) is 0 Å². The molecular weight excluding hydrogens is 368 g/mol. The molecular formula is C18H22N4O6. The highest BCUT2D eigenvalue weighted by Gasteiger charge is 2.20. The molecule has 0 aliphatic carbocycles. The quantitative estimate of drug-likeness (QED) is 0.562. The summed E-state index contributed by atoms with van der Waals surface area (Å²) in [5, 5.41) is 10.8. The third-order valence-corrected chi connectivity index (χ3v) is 4.93. The maximum atomic E-state index is 12.5. The Balaban J connectivity index is 1.59. The Kier molecular flexibility index (Phi) is 5.76. The molecule has 1 aromatic carbocycles. The molecule has 0 unspecified atom stereocenters. The third-order valence-electron chi connectivity index (χ3n) is 4.93. The molecule has 0 N–H and O–H groups in total. The van der Waals surface area contributed by atoms with Gasteiger partial charge in [-0.2, -0.15) is 0 Å². The van der Waals surface area contributed by atoms with Gasteiger partial charge in [0.25, 0.3) is 5.69 Å². The zero-order chi connectivity index (χ0) is 20.3. The van der Waals surface area contributed by atoms with Crippen LogP contribution in [0.3, 0.4) is 0 Å². The van der Waals surface area contributed by atoms with Crippen LogP contribution >= 0.6 is 0 Å². The molecule has 3 rings (SSSR count). The van der Waals surface area contributed by atoms with Gasteiger partial charge in [-0.15, -0.1) is 0 Å². The van der Waals surface area contributed by atoms with Gasteiger partial charge in [-0.25, -0.2) is 4.79 Å². The lowest BCUT2D eigenvalue weighted by Crippen LogP contribution is -2.36. The summed E-state index contributed by atoms with van der Waals surface area (Å²) in [5.41, 5.74) is 0.474. The van der Waals surface area contributed by atoms with Gasteiger partial charge < -0.3 is 14.2 Å². The van der Waals surface area contributed by atoms with Crippen molar-refractivity contribution in [1.82, 2.24) is 14.4 Å². The lowest BCUT2D eigenvalue weighted by molar-refractivity contribution is -0.384. The maximum absolute atomic E-state index is 12.5. The van der Waals surface area contributed by atoms with Gasteiger partial charge in [0, 0.05) is 52.1 Å². The Morgan fingerprint density at radius 1 is 1.18 bits per heavy atom. The molecule has 1 aromatic heterocycles. The fraction of sp³-hybridized carbons (Fsp3) is 0.500. The number of nitrogens with zero attached hydrogens (tertiary/aromatic N) is 4. The second kappa shape index (κ2) is 8.24. The lowest BCUT2D eigenvalue weighted by Gasteiger charge is -2.21. The van der Waals surface area contributed by atoms with E-state index in [-0.39, 0.29) is 36.1 Å². The Morgan fingerprint density at radius 3 is 2.61 bits per heavy atom. The first-order chi connectivity index (χ1) is 13.4. The van der Waals surface area contributed by atoms with Gasteiger partial charge in [0.05, 0.1) is 16.5 Å². The number of non-ortho nitro benzene ring substituents is 1. The minimum absolute atomic E-state index is 0.0121. The molecule has 2 aromatic rings. The molecule has 150 valence electrons. The maximum Gasteiger partial charge on any atom is 0.419 e. The summed E-state index contributed by atoms with van der Waals surface area (Å²) < 4.78 is 6.47. The highest BCUT2D eigenvalue weighted by molar-refractivity contribution is 5.77. The lowest BCUT2D eigenvalue weighted by atomic mass is 10.2. The zero-order valence-electron chi connectivity index (χ0n) is 15.6. The van der Waals surface area contributed by atoms with Crippen molar-refractivity contribution in [2.45, 2.75) is 32.7 Å². The van der Waals surface area contributed by atoms with Gasteiger partial charge in [-0.3, -0.25) is 24.3 Å². The average molecular weight is 390 g/mol. The summed E-state index contributed by atoms with van der Waals surface area (Å²) in [4.78, 5) is 49.7. The molecule has 0 saturated carbocycles. The van der Waals surface area contributed by atoms with Crippen LogP contribution in [0.4, 0.5) is 5.69 Å². The number of nitro groups is 1. The van der Waals surface area contributed by atoms with Crippen molar-refractivity contribution in [1.29, 1.82) is 0 Å². The molecule has 2 heterocycles. The number of hydrogen-bond acceptors (Lipinski definition) is 6. The number of aromatic nitrogens is 1. The van der Waals surface area contributed by atoms with E-state index in [9.17, 15) is 24.5 Å². The van der Waals surface area contributed by atoms with E-state index in [2.05, 4.69) is 0 Å². The number of aryl methyl sites for hydroxylation is 1. The largest absolute Gasteiger partial charge is 0.419 e. The number of nitro benzene ring substituents is 1. The number of amides is 2. The first-order valence-corrected chi connectivity index (χ1v) is 9.18. The fourth-order valence-electron chi connectivity index (χ4n) is 3.41. The van der Waals surface area contributed by atoms with Crippen molar-refractivity contribution in [3.63, 3.8) is 0 Å². The summed E-state index contributed by atoms with van der Waals surface area (Å²) in [7, 11) is 0. The Labute approximate surface area is 160 Å². The molecule has 0 radical (unpaired) electrons. The Morgan fingerprint density at radius 2 is 1.89 bits per heavy atom. The highest BCUT2D eigenvalue weighted by atomic mass is 16.6. The van der Waals surface area contributed by atoms with E-state index in [1.165, 1.54) is 29.7 Å². The molecule has 10 heteroatoms. The predicted molar refractivity (Wildman–Crippen MR) is 99.8 cm³/mol. The molecule has 0 bridgehead atoms. The first-order valence-electron chi connectivity index (χ1n) is 9.18. The van der Waals surface area contributed by atoms with Crippen LogP contribution in [0.25, 0.3) is 11.1 Å². The monoisotopic (exact) mass is 390 g/mol. The van der Waals surface area contributed by atoms with E-state index >= 15 is 0 Å². The van der Waals surface area contributed by atoms with Crippen LogP contribution in [0.1, 0.15) is 26.2 Å². The first kappa shape index (κ1) is 19.6. The third kappa shape index (κ3) is 4.21. The topological polar surface area (TPSA) is 119 Å². The van der Waals surface area contributed by atoms with Crippen LogP contribution in [0.2, 0.25) is 0 Å². The van der Waals surface area contributed by atoms with Crippen molar-refractivity contribution < 1.29 is 18.9 Å². The van der Waals surface area contributed by atoms with Crippen molar-refractivity contribution in [3.8, 4) is 0 Å². The summed E-state index contributed by atoms with van der Waals surface area (Å²) in [6, 6.07) is 4.01. The minimum Gasteiger partial charge on any atom is -0.407 e. The predicted octanol–water partition coefficient (Wildman–Crippen LogP) is 1.36. The van der Waals surface area contributed by atoms with Crippen LogP contribution in [-0.4, -0.2) is 57.3 Å². The summed E-state index contributed by atoms with van der Waals surface area (Å²) >= 11 is 0. The second-order valence-corrected chi connectivity index (χ2v) is 6.77. The van der Waals surface area contributed by atoms with Crippen LogP contribution in [0, 0.1) is 10.1 Å². The van der Waals surface area contributed by atoms with Crippen molar-refractivity contribution in [2.24, 2.45) is 0 Å². The molecule has 1 aliphatic heterocycles. The number of carbonyl (C=O) groups excluding carboxylic acids is 2. The summed E-state index contributed by atoms with van der Waals surface area (Å²) in [6.07, 6.45) is 1.46. The van der Waals surface area contributed by atoms with Gasteiger partial charge >= 0.3 is 5.76 Å². The number of rotatable bonds is 5.